The van der Waals surface area contributed by atoms with Crippen LogP contribution in [0.2, 0.25) is 0 Å². The highest BCUT2D eigenvalue weighted by atomic mass is 16.2. The summed E-state index contributed by atoms with van der Waals surface area (Å²) in [6, 6.07) is 25.5. The Morgan fingerprint density at radius 1 is 0.971 bits per heavy atom. The highest BCUT2D eigenvalue weighted by Gasteiger charge is 2.43. The largest absolute Gasteiger partial charge is 0.357 e. The van der Waals surface area contributed by atoms with Crippen LogP contribution in [0.25, 0.3) is 0 Å². The molecular formula is C29H25N3O2. The number of nitrogens with zero attached hydrogens (tertiary/aromatic N) is 2. The lowest BCUT2D eigenvalue weighted by Crippen LogP contribution is -2.39. The summed E-state index contributed by atoms with van der Waals surface area (Å²) in [6.45, 7) is 4.19. The number of hydrogen-bond donors (Lipinski definition) is 1. The second kappa shape index (κ2) is 8.31. The SMILES string of the molecule is CC1(C)CC(=O)C2=C(C1)Nc1ccccc1N(C(=O)c1ccccc1)[C@@H]2c1ccc(C#N)cc1. The first-order valence-corrected chi connectivity index (χ1v) is 11.4. The van der Waals surface area contributed by atoms with Crippen LogP contribution < -0.4 is 10.2 Å². The maximum absolute atomic E-state index is 14.0. The van der Waals surface area contributed by atoms with Gasteiger partial charge in [0.25, 0.3) is 5.91 Å². The molecule has 0 bridgehead atoms. The minimum Gasteiger partial charge on any atom is -0.357 e. The van der Waals surface area contributed by atoms with Gasteiger partial charge >= 0.3 is 0 Å². The summed E-state index contributed by atoms with van der Waals surface area (Å²) in [5.41, 5.74) is 4.65. The molecule has 0 saturated heterocycles. The first kappa shape index (κ1) is 21.7. The zero-order valence-corrected chi connectivity index (χ0v) is 19.2. The average Bonchev–Trinajstić information content (AvgIpc) is 2.97. The van der Waals surface area contributed by atoms with E-state index < -0.39 is 6.04 Å². The molecule has 1 heterocycles. The summed E-state index contributed by atoms with van der Waals surface area (Å²) in [4.78, 5) is 29.4. The summed E-state index contributed by atoms with van der Waals surface area (Å²) in [5.74, 6) is -0.151. The topological polar surface area (TPSA) is 73.2 Å². The Hall–Kier alpha value is -4.17. The molecule has 0 saturated carbocycles. The third-order valence-corrected chi connectivity index (χ3v) is 6.50. The van der Waals surface area contributed by atoms with Crippen LogP contribution in [0.5, 0.6) is 0 Å². The Morgan fingerprint density at radius 3 is 2.35 bits per heavy atom. The summed E-state index contributed by atoms with van der Waals surface area (Å²) in [7, 11) is 0. The molecule has 34 heavy (non-hydrogen) atoms. The van der Waals surface area contributed by atoms with Crippen LogP contribution in [-0.2, 0) is 4.79 Å². The van der Waals surface area contributed by atoms with Gasteiger partial charge in [-0.15, -0.1) is 0 Å². The number of carbonyl (C=O) groups excluding carboxylic acids is 2. The molecule has 3 aromatic carbocycles. The Balaban J connectivity index is 1.79. The van der Waals surface area contributed by atoms with E-state index in [1.165, 1.54) is 0 Å². The van der Waals surface area contributed by atoms with Crippen LogP contribution in [0.4, 0.5) is 11.4 Å². The van der Waals surface area contributed by atoms with E-state index in [4.69, 9.17) is 0 Å². The second-order valence-corrected chi connectivity index (χ2v) is 9.65. The lowest BCUT2D eigenvalue weighted by atomic mass is 9.73. The van der Waals surface area contributed by atoms with E-state index in [9.17, 15) is 14.9 Å². The van der Waals surface area contributed by atoms with E-state index in [0.29, 0.717) is 35.2 Å². The fourth-order valence-electron chi connectivity index (χ4n) is 4.99. The van der Waals surface area contributed by atoms with Crippen LogP contribution in [0.3, 0.4) is 0 Å². The third-order valence-electron chi connectivity index (χ3n) is 6.50. The van der Waals surface area contributed by atoms with Gasteiger partial charge in [-0.3, -0.25) is 14.5 Å². The van der Waals surface area contributed by atoms with Gasteiger partial charge in [-0.2, -0.15) is 5.26 Å². The number of benzene rings is 3. The Kier molecular flexibility index (Phi) is 5.30. The van der Waals surface area contributed by atoms with Gasteiger partial charge in [0, 0.05) is 23.3 Å². The van der Waals surface area contributed by atoms with Gasteiger partial charge in [0.2, 0.25) is 0 Å². The lowest BCUT2D eigenvalue weighted by Gasteiger charge is -2.37. The molecule has 5 rings (SSSR count). The number of anilines is 2. The number of nitrogens with one attached hydrogen (secondary N) is 1. The highest BCUT2D eigenvalue weighted by Crippen LogP contribution is 2.48. The zero-order chi connectivity index (χ0) is 23.9. The molecule has 0 aromatic heterocycles. The molecule has 0 fully saturated rings. The number of nitriles is 1. The minimum atomic E-state index is -0.616. The molecule has 2 aliphatic rings. The minimum absolute atomic E-state index is 0.0341. The van der Waals surface area contributed by atoms with Crippen molar-refractivity contribution < 1.29 is 9.59 Å². The van der Waals surface area contributed by atoms with Gasteiger partial charge in [-0.25, -0.2) is 0 Å². The van der Waals surface area contributed by atoms with Crippen LogP contribution in [0, 0.1) is 16.7 Å². The number of hydrogen-bond acceptors (Lipinski definition) is 4. The number of amides is 1. The Bertz CT molecular complexity index is 1350. The van der Waals surface area contributed by atoms with Crippen molar-refractivity contribution in [2.75, 3.05) is 10.2 Å². The fourth-order valence-corrected chi connectivity index (χ4v) is 4.99. The number of Topliss-reactive ketones (excluding diaryl/α,β-unsaturated/α-hetero) is 1. The number of ketones is 1. The maximum Gasteiger partial charge on any atom is 0.259 e. The average molecular weight is 448 g/mol. The number of rotatable bonds is 2. The molecule has 1 amide bonds. The fraction of sp³-hybridized carbons (Fsp3) is 0.207. The molecule has 1 aliphatic carbocycles. The van der Waals surface area contributed by atoms with Crippen LogP contribution in [-0.4, -0.2) is 11.7 Å². The van der Waals surface area contributed by atoms with E-state index in [2.05, 4.69) is 25.2 Å². The molecule has 0 radical (unpaired) electrons. The van der Waals surface area contributed by atoms with Crippen molar-refractivity contribution in [3.8, 4) is 6.07 Å². The zero-order valence-electron chi connectivity index (χ0n) is 19.2. The van der Waals surface area contributed by atoms with Crippen molar-refractivity contribution in [3.05, 3.63) is 107 Å². The highest BCUT2D eigenvalue weighted by molar-refractivity contribution is 6.12. The monoisotopic (exact) mass is 447 g/mol. The summed E-state index contributed by atoms with van der Waals surface area (Å²) in [5, 5.41) is 12.8. The first-order valence-electron chi connectivity index (χ1n) is 11.4. The van der Waals surface area contributed by atoms with E-state index in [1.54, 1.807) is 29.2 Å². The van der Waals surface area contributed by atoms with Gasteiger partial charge in [0.1, 0.15) is 0 Å². The molecular weight excluding hydrogens is 422 g/mol. The summed E-state index contributed by atoms with van der Waals surface area (Å²) >= 11 is 0. The van der Waals surface area contributed by atoms with Gasteiger partial charge in [0.15, 0.2) is 5.78 Å². The van der Waals surface area contributed by atoms with E-state index in [0.717, 1.165) is 16.9 Å². The van der Waals surface area contributed by atoms with Crippen molar-refractivity contribution in [2.24, 2.45) is 5.41 Å². The predicted molar refractivity (Wildman–Crippen MR) is 132 cm³/mol. The van der Waals surface area contributed by atoms with E-state index in [-0.39, 0.29) is 17.1 Å². The molecule has 1 aliphatic heterocycles. The molecule has 5 nitrogen and oxygen atoms in total. The van der Waals surface area contributed by atoms with Crippen LogP contribution >= 0.6 is 0 Å². The van der Waals surface area contributed by atoms with E-state index >= 15 is 0 Å². The van der Waals surface area contributed by atoms with Gasteiger partial charge in [-0.05, 0) is 53.8 Å². The molecule has 0 spiro atoms. The van der Waals surface area contributed by atoms with Crippen LogP contribution in [0.1, 0.15) is 54.2 Å². The van der Waals surface area contributed by atoms with E-state index in [1.807, 2.05) is 54.6 Å². The van der Waals surface area contributed by atoms with Gasteiger partial charge in [0.05, 0.1) is 29.0 Å². The Morgan fingerprint density at radius 2 is 1.65 bits per heavy atom. The maximum atomic E-state index is 14.0. The summed E-state index contributed by atoms with van der Waals surface area (Å²) in [6.07, 6.45) is 1.10. The molecule has 168 valence electrons. The predicted octanol–water partition coefficient (Wildman–Crippen LogP) is 6.02. The van der Waals surface area contributed by atoms with Crippen molar-refractivity contribution in [3.63, 3.8) is 0 Å². The molecule has 5 heteroatoms. The quantitative estimate of drug-likeness (QED) is 0.522. The van der Waals surface area contributed by atoms with Crippen molar-refractivity contribution in [2.45, 2.75) is 32.7 Å². The van der Waals surface area contributed by atoms with Crippen molar-refractivity contribution in [1.82, 2.24) is 0 Å². The molecule has 1 N–H and O–H groups in total. The number of fused-ring (bicyclic) bond motifs is 1. The lowest BCUT2D eigenvalue weighted by molar-refractivity contribution is -0.118. The normalized spacial score (nSPS) is 18.8. The van der Waals surface area contributed by atoms with Gasteiger partial charge in [-0.1, -0.05) is 56.3 Å². The van der Waals surface area contributed by atoms with Gasteiger partial charge < -0.3 is 5.32 Å². The number of allylic oxidation sites excluding steroid dienone is 1. The molecule has 3 aromatic rings. The standard InChI is InChI=1S/C29H25N3O2/c1-29(2)16-23-26(25(33)17-29)27(20-14-12-19(18-30)13-15-20)32(24-11-7-6-10-22(24)31-23)28(34)21-8-4-3-5-9-21/h3-15,27,31H,16-17H2,1-2H3/t27-/m1/s1. The third kappa shape index (κ3) is 3.78. The van der Waals surface area contributed by atoms with Crippen LogP contribution in [0.15, 0.2) is 90.1 Å². The molecule has 0 unspecified atom stereocenters. The Labute approximate surface area is 199 Å². The number of para-hydroxylation sites is 2. The first-order chi connectivity index (χ1) is 16.4. The smallest absolute Gasteiger partial charge is 0.259 e. The number of carbonyl (C=O) groups is 2. The van der Waals surface area contributed by atoms with Crippen molar-refractivity contribution in [1.29, 1.82) is 5.26 Å². The summed E-state index contributed by atoms with van der Waals surface area (Å²) < 4.78 is 0. The second-order valence-electron chi connectivity index (χ2n) is 9.65. The molecule has 1 atom stereocenters. The van der Waals surface area contributed by atoms with Crippen molar-refractivity contribution >= 4 is 23.1 Å².